The summed E-state index contributed by atoms with van der Waals surface area (Å²) >= 11 is 7.49. The first kappa shape index (κ1) is 14.8. The van der Waals surface area contributed by atoms with Crippen molar-refractivity contribution in [3.63, 3.8) is 0 Å². The van der Waals surface area contributed by atoms with Gasteiger partial charge in [0.25, 0.3) is 0 Å². The fourth-order valence-electron chi connectivity index (χ4n) is 2.07. The lowest BCUT2D eigenvalue weighted by Crippen LogP contribution is -2.19. The van der Waals surface area contributed by atoms with Gasteiger partial charge in [-0.3, -0.25) is 5.32 Å². The molecular formula is C16H14ClN3OS. The van der Waals surface area contributed by atoms with E-state index in [0.29, 0.717) is 15.8 Å². The Bertz CT molecular complexity index is 860. The monoisotopic (exact) mass is 331 g/mol. The van der Waals surface area contributed by atoms with Gasteiger partial charge in [0.1, 0.15) is 0 Å². The van der Waals surface area contributed by atoms with Gasteiger partial charge < -0.3 is 5.32 Å². The molecule has 0 saturated carbocycles. The quantitative estimate of drug-likeness (QED) is 0.677. The molecule has 3 aromatic rings. The number of para-hydroxylation sites is 1. The van der Waals surface area contributed by atoms with E-state index in [1.54, 1.807) is 6.07 Å². The molecule has 0 aliphatic rings. The highest BCUT2D eigenvalue weighted by Crippen LogP contribution is 2.28. The Labute approximate surface area is 137 Å². The van der Waals surface area contributed by atoms with Crippen LogP contribution in [0.5, 0.6) is 0 Å². The molecule has 3 rings (SSSR count). The predicted octanol–water partition coefficient (Wildman–Crippen LogP) is 5.21. The Morgan fingerprint density at radius 1 is 1.14 bits per heavy atom. The summed E-state index contributed by atoms with van der Waals surface area (Å²) in [6.45, 7) is 3.91. The highest BCUT2D eigenvalue weighted by Gasteiger charge is 2.09. The van der Waals surface area contributed by atoms with Gasteiger partial charge in [0.2, 0.25) is 0 Å². The van der Waals surface area contributed by atoms with Gasteiger partial charge in [0.05, 0.1) is 10.2 Å². The number of halogens is 1. The normalized spacial score (nSPS) is 10.7. The van der Waals surface area contributed by atoms with Crippen LogP contribution in [0.3, 0.4) is 0 Å². The molecule has 0 spiro atoms. The number of urea groups is 1. The van der Waals surface area contributed by atoms with Crippen molar-refractivity contribution in [1.29, 1.82) is 0 Å². The van der Waals surface area contributed by atoms with Crippen molar-refractivity contribution < 1.29 is 4.79 Å². The summed E-state index contributed by atoms with van der Waals surface area (Å²) < 4.78 is 1.05. The number of aryl methyl sites for hydroxylation is 2. The molecule has 4 nitrogen and oxygen atoms in total. The largest absolute Gasteiger partial charge is 0.325 e. The molecule has 112 valence electrons. The van der Waals surface area contributed by atoms with Crippen molar-refractivity contribution in [3.8, 4) is 0 Å². The van der Waals surface area contributed by atoms with Gasteiger partial charge in [0, 0.05) is 10.7 Å². The van der Waals surface area contributed by atoms with E-state index in [2.05, 4.69) is 15.6 Å². The van der Waals surface area contributed by atoms with Crippen LogP contribution in [0.25, 0.3) is 10.2 Å². The topological polar surface area (TPSA) is 54.0 Å². The number of hydrogen-bond donors (Lipinski definition) is 2. The third kappa shape index (κ3) is 3.05. The zero-order valence-electron chi connectivity index (χ0n) is 12.1. The van der Waals surface area contributed by atoms with Gasteiger partial charge in [-0.05, 0) is 43.2 Å². The van der Waals surface area contributed by atoms with E-state index in [1.807, 2.05) is 44.2 Å². The van der Waals surface area contributed by atoms with Crippen LogP contribution in [0.2, 0.25) is 5.02 Å². The number of nitrogens with zero attached hydrogens (tertiary/aromatic N) is 1. The summed E-state index contributed by atoms with van der Waals surface area (Å²) in [7, 11) is 0. The van der Waals surface area contributed by atoms with Crippen molar-refractivity contribution >= 4 is 50.0 Å². The van der Waals surface area contributed by atoms with Crippen LogP contribution in [0, 0.1) is 13.8 Å². The number of fused-ring (bicyclic) bond motifs is 1. The third-order valence-electron chi connectivity index (χ3n) is 3.27. The standard InChI is InChI=1S/C16H14ClN3OS/c1-9-6-7-11(8-12(9)17)18-15(21)20-16-19-14-10(2)4-3-5-13(14)22-16/h3-8H,1-2H3,(H2,18,19,20,21). The zero-order chi connectivity index (χ0) is 15.7. The van der Waals surface area contributed by atoms with Gasteiger partial charge in [0.15, 0.2) is 5.13 Å². The molecule has 0 aliphatic carbocycles. The number of anilines is 2. The van der Waals surface area contributed by atoms with Gasteiger partial charge in [-0.15, -0.1) is 0 Å². The minimum atomic E-state index is -0.336. The summed E-state index contributed by atoms with van der Waals surface area (Å²) in [6, 6.07) is 11.0. The molecular weight excluding hydrogens is 318 g/mol. The van der Waals surface area contributed by atoms with Gasteiger partial charge in [-0.25, -0.2) is 9.78 Å². The molecule has 1 heterocycles. The average molecular weight is 332 g/mol. The van der Waals surface area contributed by atoms with Crippen LogP contribution < -0.4 is 10.6 Å². The van der Waals surface area contributed by atoms with Crippen LogP contribution in [0.1, 0.15) is 11.1 Å². The number of amides is 2. The lowest BCUT2D eigenvalue weighted by molar-refractivity contribution is 0.262. The number of rotatable bonds is 2. The molecule has 0 unspecified atom stereocenters. The maximum absolute atomic E-state index is 12.0. The Morgan fingerprint density at radius 3 is 2.68 bits per heavy atom. The first-order chi connectivity index (χ1) is 10.5. The summed E-state index contributed by atoms with van der Waals surface area (Å²) in [5.41, 5.74) is 3.62. The van der Waals surface area contributed by atoms with Crippen LogP contribution in [0.4, 0.5) is 15.6 Å². The minimum absolute atomic E-state index is 0.336. The van der Waals surface area contributed by atoms with E-state index >= 15 is 0 Å². The summed E-state index contributed by atoms with van der Waals surface area (Å²) in [4.78, 5) is 16.5. The number of benzene rings is 2. The molecule has 0 saturated heterocycles. The number of carbonyl (C=O) groups is 1. The van der Waals surface area contributed by atoms with E-state index < -0.39 is 0 Å². The van der Waals surface area contributed by atoms with Gasteiger partial charge in [-0.1, -0.05) is 41.1 Å². The van der Waals surface area contributed by atoms with E-state index in [0.717, 1.165) is 21.3 Å². The lowest BCUT2D eigenvalue weighted by Gasteiger charge is -2.06. The van der Waals surface area contributed by atoms with Crippen LogP contribution in [-0.4, -0.2) is 11.0 Å². The summed E-state index contributed by atoms with van der Waals surface area (Å²) in [5.74, 6) is 0. The lowest BCUT2D eigenvalue weighted by atomic mass is 10.2. The van der Waals surface area contributed by atoms with Crippen molar-refractivity contribution in [2.75, 3.05) is 10.6 Å². The highest BCUT2D eigenvalue weighted by molar-refractivity contribution is 7.22. The molecule has 6 heteroatoms. The molecule has 0 atom stereocenters. The molecule has 0 aliphatic heterocycles. The Hall–Kier alpha value is -2.11. The summed E-state index contributed by atoms with van der Waals surface area (Å²) in [6.07, 6.45) is 0. The molecule has 2 aromatic carbocycles. The molecule has 2 N–H and O–H groups in total. The van der Waals surface area contributed by atoms with Crippen LogP contribution >= 0.6 is 22.9 Å². The van der Waals surface area contributed by atoms with E-state index in [1.165, 1.54) is 11.3 Å². The van der Waals surface area contributed by atoms with Crippen molar-refractivity contribution in [3.05, 3.63) is 52.5 Å². The van der Waals surface area contributed by atoms with E-state index in [9.17, 15) is 4.79 Å². The van der Waals surface area contributed by atoms with E-state index in [4.69, 9.17) is 11.6 Å². The van der Waals surface area contributed by atoms with Crippen LogP contribution in [-0.2, 0) is 0 Å². The van der Waals surface area contributed by atoms with Crippen molar-refractivity contribution in [2.24, 2.45) is 0 Å². The minimum Gasteiger partial charge on any atom is -0.308 e. The Kier molecular flexibility index (Phi) is 4.00. The molecule has 2 amide bonds. The molecule has 0 fully saturated rings. The Balaban J connectivity index is 1.75. The number of aromatic nitrogens is 1. The second-order valence-corrected chi connectivity index (χ2v) is 6.42. The number of nitrogens with one attached hydrogen (secondary N) is 2. The number of thiazole rings is 1. The predicted molar refractivity (Wildman–Crippen MR) is 93.2 cm³/mol. The number of hydrogen-bond acceptors (Lipinski definition) is 3. The maximum Gasteiger partial charge on any atom is 0.325 e. The molecule has 0 radical (unpaired) electrons. The molecule has 1 aromatic heterocycles. The first-order valence-electron chi connectivity index (χ1n) is 6.73. The fourth-order valence-corrected chi connectivity index (χ4v) is 3.19. The average Bonchev–Trinajstić information content (AvgIpc) is 2.87. The molecule has 0 bridgehead atoms. The smallest absolute Gasteiger partial charge is 0.308 e. The maximum atomic E-state index is 12.0. The second-order valence-electron chi connectivity index (χ2n) is 4.98. The Morgan fingerprint density at radius 2 is 1.95 bits per heavy atom. The molecule has 22 heavy (non-hydrogen) atoms. The second kappa shape index (κ2) is 5.94. The highest BCUT2D eigenvalue weighted by atomic mass is 35.5. The fraction of sp³-hybridized carbons (Fsp3) is 0.125. The van der Waals surface area contributed by atoms with Crippen molar-refractivity contribution in [2.45, 2.75) is 13.8 Å². The van der Waals surface area contributed by atoms with Gasteiger partial charge in [-0.2, -0.15) is 0 Å². The van der Waals surface area contributed by atoms with Gasteiger partial charge >= 0.3 is 6.03 Å². The van der Waals surface area contributed by atoms with Crippen molar-refractivity contribution in [1.82, 2.24) is 4.98 Å². The summed E-state index contributed by atoms with van der Waals surface area (Å²) in [5, 5.41) is 6.69. The number of carbonyl (C=O) groups excluding carboxylic acids is 1. The van der Waals surface area contributed by atoms with E-state index in [-0.39, 0.29) is 6.03 Å². The third-order valence-corrected chi connectivity index (χ3v) is 4.61. The first-order valence-corrected chi connectivity index (χ1v) is 7.93. The zero-order valence-corrected chi connectivity index (χ0v) is 13.7. The SMILES string of the molecule is Cc1ccc(NC(=O)Nc2nc3c(C)cccc3s2)cc1Cl. The van der Waals surface area contributed by atoms with Crippen LogP contribution in [0.15, 0.2) is 36.4 Å².